The van der Waals surface area contributed by atoms with Crippen LogP contribution in [0.2, 0.25) is 0 Å². The van der Waals surface area contributed by atoms with Crippen LogP contribution in [0.4, 0.5) is 13.2 Å². The van der Waals surface area contributed by atoms with Crippen molar-refractivity contribution in [2.45, 2.75) is 23.5 Å². The van der Waals surface area contributed by atoms with E-state index >= 15 is 0 Å². The Kier molecular flexibility index (Phi) is 8.39. The minimum Gasteiger partial charge on any atom is -0.484 e. The van der Waals surface area contributed by atoms with Gasteiger partial charge < -0.3 is 19.9 Å². The number of hydrogen-bond donors (Lipinski definition) is 2. The summed E-state index contributed by atoms with van der Waals surface area (Å²) in [5, 5.41) is 12.6. The van der Waals surface area contributed by atoms with E-state index in [9.17, 15) is 23.1 Å². The number of amides is 1. The summed E-state index contributed by atoms with van der Waals surface area (Å²) in [6.45, 7) is -0.311. The molecule has 0 spiro atoms. The van der Waals surface area contributed by atoms with Gasteiger partial charge in [0.25, 0.3) is 5.91 Å². The summed E-state index contributed by atoms with van der Waals surface area (Å²) in [5.41, 5.74) is 1.58. The van der Waals surface area contributed by atoms with Crippen molar-refractivity contribution in [2.75, 3.05) is 24.7 Å². The van der Waals surface area contributed by atoms with E-state index in [-0.39, 0.29) is 18.9 Å². The van der Waals surface area contributed by atoms with Crippen LogP contribution >= 0.6 is 23.5 Å². The first-order valence-electron chi connectivity index (χ1n) is 9.56. The fourth-order valence-electron chi connectivity index (χ4n) is 2.82. The highest BCUT2D eigenvalue weighted by Gasteiger charge is 2.31. The standard InChI is InChI=1S/C21H22F3NO4S2/c22-21(23,24)29-17-8-2-14(3-9-17)18(26)12-25-19(27)13-28-16-6-4-15(5-7-16)20-30-10-1-11-31-20/h2-9,18,20,26H,1,10-13H2,(H,25,27). The molecule has 2 aromatic carbocycles. The lowest BCUT2D eigenvalue weighted by atomic mass is 10.1. The molecule has 3 rings (SSSR count). The van der Waals surface area contributed by atoms with Crippen molar-refractivity contribution < 1.29 is 32.5 Å². The first-order valence-corrected chi connectivity index (χ1v) is 11.7. The molecule has 0 saturated carbocycles. The molecular weight excluding hydrogens is 451 g/mol. The van der Waals surface area contributed by atoms with Crippen molar-refractivity contribution in [3.63, 3.8) is 0 Å². The molecule has 1 aliphatic heterocycles. The molecule has 0 aromatic heterocycles. The van der Waals surface area contributed by atoms with Crippen molar-refractivity contribution in [3.05, 3.63) is 59.7 Å². The Bertz CT molecular complexity index is 841. The van der Waals surface area contributed by atoms with Gasteiger partial charge in [0.1, 0.15) is 11.5 Å². The van der Waals surface area contributed by atoms with Gasteiger partial charge in [0, 0.05) is 6.54 Å². The van der Waals surface area contributed by atoms with Gasteiger partial charge in [-0.25, -0.2) is 0 Å². The highest BCUT2D eigenvalue weighted by atomic mass is 32.2. The van der Waals surface area contributed by atoms with Crippen LogP contribution in [-0.2, 0) is 4.79 Å². The maximum Gasteiger partial charge on any atom is 0.573 e. The Balaban J connectivity index is 1.40. The number of thioether (sulfide) groups is 2. The zero-order chi connectivity index (χ0) is 22.3. The van der Waals surface area contributed by atoms with Gasteiger partial charge in [-0.1, -0.05) is 24.3 Å². The summed E-state index contributed by atoms with van der Waals surface area (Å²) in [7, 11) is 0. The van der Waals surface area contributed by atoms with Gasteiger partial charge in [0.2, 0.25) is 0 Å². The first kappa shape index (κ1) is 23.6. The molecule has 1 amide bonds. The molecule has 1 fully saturated rings. The van der Waals surface area contributed by atoms with Crippen LogP contribution < -0.4 is 14.8 Å². The maximum absolute atomic E-state index is 12.2. The largest absolute Gasteiger partial charge is 0.573 e. The normalized spacial score (nSPS) is 15.9. The van der Waals surface area contributed by atoms with Gasteiger partial charge in [-0.2, -0.15) is 0 Å². The number of carbonyl (C=O) groups excluding carboxylic acids is 1. The summed E-state index contributed by atoms with van der Waals surface area (Å²) < 4.78 is 46.2. The molecule has 5 nitrogen and oxygen atoms in total. The summed E-state index contributed by atoms with van der Waals surface area (Å²) in [6, 6.07) is 12.5. The van der Waals surface area contributed by atoms with Crippen LogP contribution in [0.1, 0.15) is 28.2 Å². The summed E-state index contributed by atoms with van der Waals surface area (Å²) in [6.07, 6.45) is -4.62. The van der Waals surface area contributed by atoms with E-state index in [1.54, 1.807) is 0 Å². The Hall–Kier alpha value is -2.04. The predicted molar refractivity (Wildman–Crippen MR) is 115 cm³/mol. The average molecular weight is 474 g/mol. The number of benzene rings is 2. The molecule has 0 radical (unpaired) electrons. The van der Waals surface area contributed by atoms with E-state index in [0.717, 1.165) is 23.6 Å². The number of alkyl halides is 3. The SMILES string of the molecule is O=C(COc1ccc(C2SCCCS2)cc1)NCC(O)c1ccc(OC(F)(F)F)cc1. The zero-order valence-electron chi connectivity index (χ0n) is 16.4. The second kappa shape index (κ2) is 11.0. The number of rotatable bonds is 8. The molecule has 1 heterocycles. The van der Waals surface area contributed by atoms with Crippen molar-refractivity contribution in [1.82, 2.24) is 5.32 Å². The van der Waals surface area contributed by atoms with E-state index in [4.69, 9.17) is 4.74 Å². The van der Waals surface area contributed by atoms with Crippen LogP contribution in [0.15, 0.2) is 48.5 Å². The Morgan fingerprint density at radius 3 is 2.29 bits per heavy atom. The van der Waals surface area contributed by atoms with E-state index in [0.29, 0.717) is 15.9 Å². The Morgan fingerprint density at radius 2 is 1.68 bits per heavy atom. The van der Waals surface area contributed by atoms with Gasteiger partial charge >= 0.3 is 6.36 Å². The third-order valence-corrected chi connectivity index (χ3v) is 7.36. The number of hydrogen-bond acceptors (Lipinski definition) is 6. The average Bonchev–Trinajstić information content (AvgIpc) is 2.76. The number of carbonyl (C=O) groups is 1. The minimum atomic E-state index is -4.78. The monoisotopic (exact) mass is 473 g/mol. The predicted octanol–water partition coefficient (Wildman–Crippen LogP) is 4.68. The number of aliphatic hydroxyl groups is 1. The molecule has 2 aromatic rings. The molecule has 2 N–H and O–H groups in total. The smallest absolute Gasteiger partial charge is 0.484 e. The van der Waals surface area contributed by atoms with E-state index in [1.165, 1.54) is 24.1 Å². The van der Waals surface area contributed by atoms with E-state index in [1.807, 2.05) is 47.8 Å². The zero-order valence-corrected chi connectivity index (χ0v) is 18.1. The molecule has 0 aliphatic carbocycles. The van der Waals surface area contributed by atoms with Gasteiger partial charge in [0.15, 0.2) is 6.61 Å². The van der Waals surface area contributed by atoms with Gasteiger partial charge in [-0.3, -0.25) is 4.79 Å². The Labute approximate surface area is 186 Å². The van der Waals surface area contributed by atoms with Crippen LogP contribution in [0.5, 0.6) is 11.5 Å². The van der Waals surface area contributed by atoms with Crippen molar-refractivity contribution in [2.24, 2.45) is 0 Å². The van der Waals surface area contributed by atoms with Crippen LogP contribution in [0.3, 0.4) is 0 Å². The van der Waals surface area contributed by atoms with Gasteiger partial charge in [-0.15, -0.1) is 36.7 Å². The molecule has 10 heteroatoms. The van der Waals surface area contributed by atoms with E-state index < -0.39 is 18.4 Å². The molecule has 1 aliphatic rings. The molecular formula is C21H22F3NO4S2. The fourth-order valence-corrected chi connectivity index (χ4v) is 5.72. The molecule has 1 saturated heterocycles. The molecule has 31 heavy (non-hydrogen) atoms. The highest BCUT2D eigenvalue weighted by molar-refractivity contribution is 8.16. The molecule has 0 bridgehead atoms. The van der Waals surface area contributed by atoms with Crippen molar-refractivity contribution in [1.29, 1.82) is 0 Å². The second-order valence-corrected chi connectivity index (χ2v) is 9.45. The van der Waals surface area contributed by atoms with Gasteiger partial charge in [-0.05, 0) is 53.3 Å². The quantitative estimate of drug-likeness (QED) is 0.580. The van der Waals surface area contributed by atoms with Crippen LogP contribution in [-0.4, -0.2) is 42.0 Å². The van der Waals surface area contributed by atoms with Crippen molar-refractivity contribution in [3.8, 4) is 11.5 Å². The lowest BCUT2D eigenvalue weighted by Crippen LogP contribution is -2.32. The number of ether oxygens (including phenoxy) is 2. The van der Waals surface area contributed by atoms with Gasteiger partial charge in [0.05, 0.1) is 10.7 Å². The summed E-state index contributed by atoms with van der Waals surface area (Å²) in [5.74, 6) is 2.09. The third kappa shape index (κ3) is 7.86. The summed E-state index contributed by atoms with van der Waals surface area (Å²) >= 11 is 3.86. The summed E-state index contributed by atoms with van der Waals surface area (Å²) in [4.78, 5) is 12.0. The molecule has 1 unspecified atom stereocenters. The van der Waals surface area contributed by atoms with Crippen LogP contribution in [0, 0.1) is 0 Å². The number of nitrogens with one attached hydrogen (secondary N) is 1. The molecule has 168 valence electrons. The number of halogens is 3. The highest BCUT2D eigenvalue weighted by Crippen LogP contribution is 2.43. The lowest BCUT2D eigenvalue weighted by Gasteiger charge is -2.21. The first-order chi connectivity index (χ1) is 14.8. The van der Waals surface area contributed by atoms with Crippen LogP contribution in [0.25, 0.3) is 0 Å². The topological polar surface area (TPSA) is 67.8 Å². The third-order valence-electron chi connectivity index (χ3n) is 4.34. The Morgan fingerprint density at radius 1 is 1.06 bits per heavy atom. The lowest BCUT2D eigenvalue weighted by molar-refractivity contribution is -0.274. The number of aliphatic hydroxyl groups excluding tert-OH is 1. The maximum atomic E-state index is 12.2. The fraction of sp³-hybridized carbons (Fsp3) is 0.381. The minimum absolute atomic E-state index is 0.100. The van der Waals surface area contributed by atoms with Crippen molar-refractivity contribution >= 4 is 29.4 Å². The molecule has 1 atom stereocenters. The van der Waals surface area contributed by atoms with E-state index in [2.05, 4.69) is 10.1 Å². The second-order valence-electron chi connectivity index (χ2n) is 6.72.